The molecule has 0 bridgehead atoms. The third-order valence-electron chi connectivity index (χ3n) is 4.35. The summed E-state index contributed by atoms with van der Waals surface area (Å²) >= 11 is 0. The zero-order valence-corrected chi connectivity index (χ0v) is 15.4. The van der Waals surface area contributed by atoms with E-state index >= 15 is 0 Å². The molecule has 0 aliphatic rings. The van der Waals surface area contributed by atoms with Gasteiger partial charge in [-0.1, -0.05) is 30.3 Å². The van der Waals surface area contributed by atoms with Crippen LogP contribution in [0.1, 0.15) is 30.4 Å². The number of nitrogens with one attached hydrogen (secondary N) is 1. The van der Waals surface area contributed by atoms with Crippen LogP contribution in [0.2, 0.25) is 0 Å². The second-order valence-corrected chi connectivity index (χ2v) is 6.55. The summed E-state index contributed by atoms with van der Waals surface area (Å²) in [5, 5.41) is 12.3. The van der Waals surface area contributed by atoms with Gasteiger partial charge in [-0.2, -0.15) is 10.2 Å². The molecule has 0 spiro atoms. The summed E-state index contributed by atoms with van der Waals surface area (Å²) in [4.78, 5) is 29.7. The molecule has 140 valence electrons. The quantitative estimate of drug-likeness (QED) is 0.593. The van der Waals surface area contributed by atoms with E-state index in [1.54, 1.807) is 41.3 Å². The average Bonchev–Trinajstić information content (AvgIpc) is 3.23. The van der Waals surface area contributed by atoms with Crippen molar-refractivity contribution in [1.29, 1.82) is 0 Å². The molecule has 8 heteroatoms. The van der Waals surface area contributed by atoms with Crippen molar-refractivity contribution in [3.63, 3.8) is 0 Å². The van der Waals surface area contributed by atoms with E-state index in [1.807, 2.05) is 32.0 Å². The molecule has 0 radical (unpaired) electrons. The normalized spacial score (nSPS) is 11.1. The lowest BCUT2D eigenvalue weighted by atomic mass is 10.1. The third kappa shape index (κ3) is 3.05. The summed E-state index contributed by atoms with van der Waals surface area (Å²) in [6, 6.07) is 14.1. The fraction of sp³-hybridized carbons (Fsp3) is 0.150. The van der Waals surface area contributed by atoms with Crippen LogP contribution in [0.15, 0.2) is 66.0 Å². The fourth-order valence-corrected chi connectivity index (χ4v) is 3.02. The van der Waals surface area contributed by atoms with Crippen molar-refractivity contribution >= 4 is 22.4 Å². The predicted octanol–water partition coefficient (Wildman–Crippen LogP) is 2.81. The van der Waals surface area contributed by atoms with Gasteiger partial charge in [0, 0.05) is 5.39 Å². The molecule has 0 fully saturated rings. The fourth-order valence-electron chi connectivity index (χ4n) is 3.02. The van der Waals surface area contributed by atoms with Gasteiger partial charge in [-0.3, -0.25) is 9.59 Å². The number of carbonyl (C=O) groups excluding carboxylic acids is 1. The minimum atomic E-state index is -0.404. The monoisotopic (exact) mass is 374 g/mol. The first-order valence-electron chi connectivity index (χ1n) is 8.83. The maximum Gasteiger partial charge on any atom is 0.276 e. The van der Waals surface area contributed by atoms with Crippen molar-refractivity contribution < 1.29 is 4.79 Å². The number of benzene rings is 2. The number of carbonyl (C=O) groups is 1. The number of fused-ring (bicyclic) bond motifs is 1. The van der Waals surface area contributed by atoms with Crippen LogP contribution in [0.5, 0.6) is 0 Å². The minimum Gasteiger partial charge on any atom is -0.319 e. The van der Waals surface area contributed by atoms with E-state index in [9.17, 15) is 9.59 Å². The lowest BCUT2D eigenvalue weighted by molar-refractivity contribution is 0.102. The van der Waals surface area contributed by atoms with Gasteiger partial charge in [-0.15, -0.1) is 0 Å². The number of nitrogens with zero attached hydrogens (tertiary/aromatic N) is 5. The van der Waals surface area contributed by atoms with Crippen LogP contribution in [0, 0.1) is 0 Å². The largest absolute Gasteiger partial charge is 0.319 e. The van der Waals surface area contributed by atoms with Gasteiger partial charge in [0.25, 0.3) is 11.5 Å². The summed E-state index contributed by atoms with van der Waals surface area (Å²) in [5.41, 5.74) is 1.21. The maximum atomic E-state index is 13.1. The van der Waals surface area contributed by atoms with Crippen molar-refractivity contribution in [1.82, 2.24) is 24.5 Å². The van der Waals surface area contributed by atoms with Crippen molar-refractivity contribution in [3.8, 4) is 5.69 Å². The van der Waals surface area contributed by atoms with Crippen LogP contribution in [0.25, 0.3) is 16.5 Å². The van der Waals surface area contributed by atoms with E-state index in [4.69, 9.17) is 0 Å². The molecule has 28 heavy (non-hydrogen) atoms. The molecule has 1 amide bonds. The first-order chi connectivity index (χ1) is 13.6. The molecule has 1 N–H and O–H groups in total. The van der Waals surface area contributed by atoms with E-state index in [2.05, 4.69) is 20.5 Å². The predicted molar refractivity (Wildman–Crippen MR) is 106 cm³/mol. The van der Waals surface area contributed by atoms with Gasteiger partial charge in [-0.25, -0.2) is 14.3 Å². The molecule has 0 aliphatic heterocycles. The molecule has 0 saturated carbocycles. The Morgan fingerprint density at radius 3 is 2.46 bits per heavy atom. The Balaban J connectivity index is 1.81. The minimum absolute atomic E-state index is 0.175. The molecule has 2 heterocycles. The van der Waals surface area contributed by atoms with Crippen molar-refractivity contribution in [3.05, 3.63) is 77.2 Å². The molecular formula is C20H18N6O2. The number of hydrogen-bond acceptors (Lipinski definition) is 5. The summed E-state index contributed by atoms with van der Waals surface area (Å²) in [6.45, 7) is 3.70. The number of para-hydroxylation sites is 2. The lowest BCUT2D eigenvalue weighted by Gasteiger charge is -2.14. The van der Waals surface area contributed by atoms with E-state index in [1.165, 1.54) is 11.0 Å². The summed E-state index contributed by atoms with van der Waals surface area (Å²) in [5.74, 6) is -0.404. The highest BCUT2D eigenvalue weighted by Gasteiger charge is 2.19. The lowest BCUT2D eigenvalue weighted by Crippen LogP contribution is -2.29. The number of hydrogen-bond donors (Lipinski definition) is 1. The Hall–Kier alpha value is -3.81. The average molecular weight is 374 g/mol. The Morgan fingerprint density at radius 2 is 1.75 bits per heavy atom. The number of aromatic nitrogens is 5. The number of amides is 1. The number of anilines is 1. The smallest absolute Gasteiger partial charge is 0.276 e. The first-order valence-corrected chi connectivity index (χ1v) is 8.83. The van der Waals surface area contributed by atoms with Crippen LogP contribution >= 0.6 is 0 Å². The van der Waals surface area contributed by atoms with Gasteiger partial charge >= 0.3 is 0 Å². The Morgan fingerprint density at radius 1 is 1.04 bits per heavy atom. The van der Waals surface area contributed by atoms with E-state index < -0.39 is 5.91 Å². The van der Waals surface area contributed by atoms with E-state index in [-0.39, 0.29) is 17.3 Å². The molecule has 4 aromatic rings. The zero-order valence-electron chi connectivity index (χ0n) is 15.4. The van der Waals surface area contributed by atoms with E-state index in [0.717, 1.165) is 0 Å². The Labute approximate surface area is 160 Å². The third-order valence-corrected chi connectivity index (χ3v) is 4.35. The van der Waals surface area contributed by atoms with Crippen LogP contribution in [-0.2, 0) is 0 Å². The molecule has 2 aromatic heterocycles. The van der Waals surface area contributed by atoms with Gasteiger partial charge in [0.05, 0.1) is 22.8 Å². The Kier molecular flexibility index (Phi) is 4.44. The van der Waals surface area contributed by atoms with Crippen molar-refractivity contribution in [2.75, 3.05) is 5.32 Å². The molecule has 2 aromatic carbocycles. The maximum absolute atomic E-state index is 13.1. The van der Waals surface area contributed by atoms with Gasteiger partial charge < -0.3 is 5.32 Å². The highest BCUT2D eigenvalue weighted by Crippen LogP contribution is 2.21. The SMILES string of the molecule is CC(C)n1nc(C(=O)Nc2ccccc2-n2cncn2)c2ccccc2c1=O. The molecule has 4 rings (SSSR count). The highest BCUT2D eigenvalue weighted by atomic mass is 16.2. The van der Waals surface area contributed by atoms with Crippen molar-refractivity contribution in [2.45, 2.75) is 19.9 Å². The van der Waals surface area contributed by atoms with Gasteiger partial charge in [0.15, 0.2) is 5.69 Å². The van der Waals surface area contributed by atoms with Crippen molar-refractivity contribution in [2.24, 2.45) is 0 Å². The topological polar surface area (TPSA) is 94.7 Å². The molecule has 0 aliphatic carbocycles. The van der Waals surface area contributed by atoms with Crippen LogP contribution in [0.3, 0.4) is 0 Å². The summed E-state index contributed by atoms with van der Waals surface area (Å²) in [7, 11) is 0. The second kappa shape index (κ2) is 7.07. The van der Waals surface area contributed by atoms with Gasteiger partial charge in [-0.05, 0) is 32.0 Å². The van der Waals surface area contributed by atoms with Gasteiger partial charge in [0.1, 0.15) is 12.7 Å². The van der Waals surface area contributed by atoms with Crippen LogP contribution in [0.4, 0.5) is 5.69 Å². The zero-order chi connectivity index (χ0) is 19.7. The Bertz CT molecular complexity index is 1210. The second-order valence-electron chi connectivity index (χ2n) is 6.55. The molecule has 0 atom stereocenters. The molecule has 0 unspecified atom stereocenters. The molecule has 8 nitrogen and oxygen atoms in total. The standard InChI is InChI=1S/C20H18N6O2/c1-13(2)26-20(28)15-8-4-3-7-14(15)18(24-26)19(27)23-16-9-5-6-10-17(16)25-12-21-11-22-25/h3-13H,1-2H3,(H,23,27). The van der Waals surface area contributed by atoms with Crippen LogP contribution in [-0.4, -0.2) is 30.5 Å². The van der Waals surface area contributed by atoms with Crippen LogP contribution < -0.4 is 10.9 Å². The number of rotatable bonds is 4. The first kappa shape index (κ1) is 17.6. The van der Waals surface area contributed by atoms with E-state index in [0.29, 0.717) is 22.1 Å². The highest BCUT2D eigenvalue weighted by molar-refractivity contribution is 6.11. The molecular weight excluding hydrogens is 356 g/mol. The van der Waals surface area contributed by atoms with Gasteiger partial charge in [0.2, 0.25) is 0 Å². The summed E-state index contributed by atoms with van der Waals surface area (Å²) < 4.78 is 2.90. The summed E-state index contributed by atoms with van der Waals surface area (Å²) in [6.07, 6.45) is 2.98. The molecule has 0 saturated heterocycles.